The first-order chi connectivity index (χ1) is 24.4. The van der Waals surface area contributed by atoms with Crippen molar-refractivity contribution in [2.75, 3.05) is 39.4 Å². The molecule has 2 aliphatic heterocycles. The van der Waals surface area contributed by atoms with Crippen LogP contribution >= 0.6 is 0 Å². The molecule has 4 unspecified atom stereocenters. The van der Waals surface area contributed by atoms with Gasteiger partial charge in [0, 0.05) is 74.1 Å². The summed E-state index contributed by atoms with van der Waals surface area (Å²) in [7, 11) is 0. The van der Waals surface area contributed by atoms with Gasteiger partial charge in [-0.15, -0.1) is 10.1 Å². The zero-order chi connectivity index (χ0) is 34.7. The van der Waals surface area contributed by atoms with Crippen molar-refractivity contribution < 1.29 is 37.5 Å². The Kier molecular flexibility index (Phi) is 11.9. The normalized spacial score (nSPS) is 21.4. The van der Waals surface area contributed by atoms with Crippen molar-refractivity contribution in [2.24, 2.45) is 11.8 Å². The molecule has 2 saturated heterocycles. The van der Waals surface area contributed by atoms with Gasteiger partial charge in [-0.05, 0) is 48.2 Å². The number of nitrogens with zero attached hydrogens (tertiary/aromatic N) is 2. The molecular formula is C40H40F2N2O6. The van der Waals surface area contributed by atoms with Gasteiger partial charge in [0.2, 0.25) is 0 Å². The van der Waals surface area contributed by atoms with E-state index in [0.717, 1.165) is 23.3 Å². The van der Waals surface area contributed by atoms with E-state index < -0.39 is 11.9 Å². The van der Waals surface area contributed by atoms with Crippen molar-refractivity contribution in [3.05, 3.63) is 144 Å². The maximum Gasteiger partial charge on any atom is 0.349 e. The fraction of sp³-hybridized carbons (Fsp3) is 0.300. The Morgan fingerprint density at radius 2 is 1.02 bits per heavy atom. The van der Waals surface area contributed by atoms with Crippen molar-refractivity contribution >= 4 is 11.9 Å². The Morgan fingerprint density at radius 1 is 0.600 bits per heavy atom. The molecule has 4 atom stereocenters. The molecule has 2 fully saturated rings. The van der Waals surface area contributed by atoms with Crippen LogP contribution in [0.2, 0.25) is 0 Å². The first kappa shape index (κ1) is 34.8. The second kappa shape index (κ2) is 17.0. The molecule has 0 spiro atoms. The lowest BCUT2D eigenvalue weighted by atomic mass is 9.82. The number of hydroxylamine groups is 4. The molecule has 4 aromatic carbocycles. The van der Waals surface area contributed by atoms with E-state index in [9.17, 15) is 18.4 Å². The zero-order valence-electron chi connectivity index (χ0n) is 27.6. The molecule has 0 saturated carbocycles. The van der Waals surface area contributed by atoms with Crippen LogP contribution in [0.5, 0.6) is 11.5 Å². The standard InChI is InChI=1S/C40H40F2N2O6/c41-33-13-7-15-35(23-33)47-27-31-19-21-43(25-37(31)29-9-3-1-4-10-29)49-39(45)17-18-40(46)50-44-22-20-32(28-48-36-16-8-14-34(42)24-36)38(26-44)30-11-5-2-6-12-30/h1-18,23-24,31-32,37-38H,19-22,25-28H2/b18-17+. The lowest BCUT2D eigenvalue weighted by Crippen LogP contribution is -2.42. The molecule has 260 valence electrons. The molecule has 6 rings (SSSR count). The minimum atomic E-state index is -0.682. The van der Waals surface area contributed by atoms with Gasteiger partial charge in [0.05, 0.1) is 13.2 Å². The summed E-state index contributed by atoms with van der Waals surface area (Å²) in [5.41, 5.74) is 2.16. The third-order valence-electron chi connectivity index (χ3n) is 9.21. The van der Waals surface area contributed by atoms with Crippen LogP contribution in [-0.4, -0.2) is 61.5 Å². The summed E-state index contributed by atoms with van der Waals surface area (Å²) in [5, 5.41) is 3.21. The second-order valence-electron chi connectivity index (χ2n) is 12.6. The van der Waals surface area contributed by atoms with Crippen LogP contribution < -0.4 is 9.47 Å². The van der Waals surface area contributed by atoms with Crippen molar-refractivity contribution in [1.29, 1.82) is 0 Å². The molecule has 0 aliphatic carbocycles. The number of rotatable bonds is 12. The largest absolute Gasteiger partial charge is 0.493 e. The number of hydrogen-bond donors (Lipinski definition) is 0. The number of carbonyl (C=O) groups excluding carboxylic acids is 2. The molecule has 0 N–H and O–H groups in total. The number of carbonyl (C=O) groups is 2. The molecule has 50 heavy (non-hydrogen) atoms. The Hall–Kier alpha value is -5.06. The molecule has 0 amide bonds. The van der Waals surface area contributed by atoms with Gasteiger partial charge in [0.15, 0.2) is 0 Å². The highest BCUT2D eigenvalue weighted by Crippen LogP contribution is 2.35. The van der Waals surface area contributed by atoms with E-state index in [1.165, 1.54) is 24.3 Å². The minimum absolute atomic E-state index is 0.00000123. The molecule has 8 nitrogen and oxygen atoms in total. The fourth-order valence-electron chi connectivity index (χ4n) is 6.63. The molecule has 0 bridgehead atoms. The van der Waals surface area contributed by atoms with Crippen LogP contribution in [0, 0.1) is 23.5 Å². The van der Waals surface area contributed by atoms with Gasteiger partial charge >= 0.3 is 11.9 Å². The topological polar surface area (TPSA) is 77.5 Å². The van der Waals surface area contributed by atoms with Crippen LogP contribution in [-0.2, 0) is 19.3 Å². The van der Waals surface area contributed by atoms with E-state index in [1.54, 1.807) is 34.4 Å². The molecule has 4 aromatic rings. The summed E-state index contributed by atoms with van der Waals surface area (Å²) >= 11 is 0. The summed E-state index contributed by atoms with van der Waals surface area (Å²) in [6.07, 6.45) is 3.51. The Labute approximate surface area is 290 Å². The van der Waals surface area contributed by atoms with E-state index in [2.05, 4.69) is 0 Å². The average Bonchev–Trinajstić information content (AvgIpc) is 3.13. The number of hydrogen-bond acceptors (Lipinski definition) is 8. The second-order valence-corrected chi connectivity index (χ2v) is 12.6. The van der Waals surface area contributed by atoms with Gasteiger partial charge in [-0.25, -0.2) is 18.4 Å². The summed E-state index contributed by atoms with van der Waals surface area (Å²) in [6, 6.07) is 32.0. The maximum atomic E-state index is 13.7. The maximum absolute atomic E-state index is 13.7. The molecule has 2 aliphatic rings. The van der Waals surface area contributed by atoms with Gasteiger partial charge in [-0.1, -0.05) is 72.8 Å². The third-order valence-corrected chi connectivity index (χ3v) is 9.21. The zero-order valence-corrected chi connectivity index (χ0v) is 27.6. The molecule has 0 aromatic heterocycles. The first-order valence-electron chi connectivity index (χ1n) is 16.9. The molecule has 10 heteroatoms. The number of piperidine rings is 2. The van der Waals surface area contributed by atoms with Gasteiger partial charge in [0.1, 0.15) is 23.1 Å². The number of halogens is 2. The smallest absolute Gasteiger partial charge is 0.349 e. The lowest BCUT2D eigenvalue weighted by molar-refractivity contribution is -0.195. The minimum Gasteiger partial charge on any atom is -0.493 e. The van der Waals surface area contributed by atoms with Gasteiger partial charge in [0.25, 0.3) is 0 Å². The molecule has 0 radical (unpaired) electrons. The lowest BCUT2D eigenvalue weighted by Gasteiger charge is -2.37. The Morgan fingerprint density at radius 3 is 1.42 bits per heavy atom. The van der Waals surface area contributed by atoms with E-state index in [4.69, 9.17) is 19.1 Å². The van der Waals surface area contributed by atoms with Gasteiger partial charge in [-0.2, -0.15) is 0 Å². The molecular weight excluding hydrogens is 642 g/mol. The van der Waals surface area contributed by atoms with E-state index in [1.807, 2.05) is 60.7 Å². The molecule has 2 heterocycles. The summed E-state index contributed by atoms with van der Waals surface area (Å²) in [4.78, 5) is 36.8. The predicted molar refractivity (Wildman–Crippen MR) is 183 cm³/mol. The number of ether oxygens (including phenoxy) is 2. The van der Waals surface area contributed by atoms with Crippen LogP contribution in [0.15, 0.2) is 121 Å². The average molecular weight is 683 g/mol. The highest BCUT2D eigenvalue weighted by atomic mass is 19.1. The predicted octanol–water partition coefficient (Wildman–Crippen LogP) is 7.11. The van der Waals surface area contributed by atoms with E-state index >= 15 is 0 Å². The highest BCUT2D eigenvalue weighted by molar-refractivity contribution is 5.91. The summed E-state index contributed by atoms with van der Waals surface area (Å²) in [6.45, 7) is 2.60. The highest BCUT2D eigenvalue weighted by Gasteiger charge is 2.34. The Bertz CT molecular complexity index is 1610. The van der Waals surface area contributed by atoms with Gasteiger partial charge < -0.3 is 19.1 Å². The fourth-order valence-corrected chi connectivity index (χ4v) is 6.63. The van der Waals surface area contributed by atoms with Crippen molar-refractivity contribution in [2.45, 2.75) is 24.7 Å². The summed E-state index contributed by atoms with van der Waals surface area (Å²) in [5.74, 6) is -0.917. The first-order valence-corrected chi connectivity index (χ1v) is 16.9. The monoisotopic (exact) mass is 682 g/mol. The van der Waals surface area contributed by atoms with Crippen molar-refractivity contribution in [3.63, 3.8) is 0 Å². The van der Waals surface area contributed by atoms with Crippen LogP contribution in [0.4, 0.5) is 8.78 Å². The number of benzene rings is 4. The SMILES string of the molecule is O=C(/C=C/C(=O)ON1CCC(COc2cccc(F)c2)C(c2ccccc2)C1)ON1CCC(COc2cccc(F)c2)C(c2ccccc2)C1. The quantitative estimate of drug-likeness (QED) is 0.147. The van der Waals surface area contributed by atoms with E-state index in [-0.39, 0.29) is 35.3 Å². The summed E-state index contributed by atoms with van der Waals surface area (Å²) < 4.78 is 39.2. The third kappa shape index (κ3) is 9.77. The van der Waals surface area contributed by atoms with Crippen molar-refractivity contribution in [3.8, 4) is 11.5 Å². The van der Waals surface area contributed by atoms with Crippen molar-refractivity contribution in [1.82, 2.24) is 10.1 Å². The van der Waals surface area contributed by atoms with Crippen LogP contribution in [0.3, 0.4) is 0 Å². The van der Waals surface area contributed by atoms with Crippen LogP contribution in [0.1, 0.15) is 35.8 Å². The van der Waals surface area contributed by atoms with Gasteiger partial charge in [-0.3, -0.25) is 0 Å². The Balaban J connectivity index is 1.01. The van der Waals surface area contributed by atoms with Crippen LogP contribution in [0.25, 0.3) is 0 Å². The van der Waals surface area contributed by atoms with E-state index in [0.29, 0.717) is 63.7 Å².